The molecule has 4 heteroatoms. The maximum Gasteiger partial charge on any atom is 0.153 e. The highest BCUT2D eigenvalue weighted by molar-refractivity contribution is 5.32. The molecular weight excluding hydrogens is 212 g/mol. The standard InChI is InChI=1S/C13H18N4/c1-9-10(2)16-17(11(9)3)13-7-5-6-12(15-13)8-14-4/h5-7,14H,8H2,1-4H3. The Balaban J connectivity index is 2.45. The quantitative estimate of drug-likeness (QED) is 0.876. The first-order valence-corrected chi connectivity index (χ1v) is 5.77. The van der Waals surface area contributed by atoms with Gasteiger partial charge in [0.05, 0.1) is 11.4 Å². The monoisotopic (exact) mass is 230 g/mol. The van der Waals surface area contributed by atoms with Crippen LogP contribution in [0, 0.1) is 20.8 Å². The second kappa shape index (κ2) is 4.67. The van der Waals surface area contributed by atoms with Gasteiger partial charge in [0.25, 0.3) is 0 Å². The normalized spacial score (nSPS) is 10.8. The molecule has 0 fully saturated rings. The number of aryl methyl sites for hydroxylation is 1. The summed E-state index contributed by atoms with van der Waals surface area (Å²) in [4.78, 5) is 4.59. The van der Waals surface area contributed by atoms with Crippen LogP contribution in [0.5, 0.6) is 0 Å². The Morgan fingerprint density at radius 2 is 2.00 bits per heavy atom. The molecule has 0 aliphatic heterocycles. The molecule has 0 aliphatic carbocycles. The summed E-state index contributed by atoms with van der Waals surface area (Å²) in [5, 5.41) is 7.62. The highest BCUT2D eigenvalue weighted by atomic mass is 15.3. The van der Waals surface area contributed by atoms with Gasteiger partial charge in [-0.3, -0.25) is 0 Å². The molecule has 90 valence electrons. The van der Waals surface area contributed by atoms with E-state index < -0.39 is 0 Å². The molecule has 2 heterocycles. The SMILES string of the molecule is CNCc1cccc(-n2nc(C)c(C)c2C)n1. The van der Waals surface area contributed by atoms with Crippen molar-refractivity contribution in [2.75, 3.05) is 7.05 Å². The average molecular weight is 230 g/mol. The molecule has 1 N–H and O–H groups in total. The summed E-state index contributed by atoms with van der Waals surface area (Å²) < 4.78 is 1.91. The van der Waals surface area contributed by atoms with Gasteiger partial charge in [-0.05, 0) is 45.5 Å². The molecule has 2 rings (SSSR count). The van der Waals surface area contributed by atoms with Crippen molar-refractivity contribution < 1.29 is 0 Å². The van der Waals surface area contributed by atoms with Crippen LogP contribution in [0.1, 0.15) is 22.6 Å². The van der Waals surface area contributed by atoms with Crippen LogP contribution in [-0.4, -0.2) is 21.8 Å². The Hall–Kier alpha value is -1.68. The average Bonchev–Trinajstić information content (AvgIpc) is 2.58. The van der Waals surface area contributed by atoms with Crippen LogP contribution in [0.25, 0.3) is 5.82 Å². The summed E-state index contributed by atoms with van der Waals surface area (Å²) in [6, 6.07) is 6.01. The van der Waals surface area contributed by atoms with Crippen molar-refractivity contribution in [1.29, 1.82) is 0 Å². The van der Waals surface area contributed by atoms with Crippen LogP contribution in [0.3, 0.4) is 0 Å². The maximum atomic E-state index is 4.59. The van der Waals surface area contributed by atoms with E-state index in [0.717, 1.165) is 29.4 Å². The summed E-state index contributed by atoms with van der Waals surface area (Å²) in [7, 11) is 1.92. The molecule has 0 atom stereocenters. The molecule has 0 unspecified atom stereocenters. The number of aromatic nitrogens is 3. The summed E-state index contributed by atoms with van der Waals surface area (Å²) in [5.74, 6) is 0.881. The van der Waals surface area contributed by atoms with Gasteiger partial charge in [0.15, 0.2) is 5.82 Å². The third kappa shape index (κ3) is 2.22. The lowest BCUT2D eigenvalue weighted by atomic mass is 10.2. The second-order valence-corrected chi connectivity index (χ2v) is 4.23. The summed E-state index contributed by atoms with van der Waals surface area (Å²) in [5.41, 5.74) is 4.46. The highest BCUT2D eigenvalue weighted by Crippen LogP contribution is 2.15. The first kappa shape index (κ1) is 11.8. The van der Waals surface area contributed by atoms with E-state index in [1.807, 2.05) is 36.9 Å². The van der Waals surface area contributed by atoms with E-state index in [1.54, 1.807) is 0 Å². The van der Waals surface area contributed by atoms with Gasteiger partial charge in [0.2, 0.25) is 0 Å². The smallest absolute Gasteiger partial charge is 0.153 e. The van der Waals surface area contributed by atoms with Gasteiger partial charge in [0.1, 0.15) is 0 Å². The third-order valence-electron chi connectivity index (χ3n) is 3.02. The molecule has 2 aromatic rings. The van der Waals surface area contributed by atoms with E-state index in [2.05, 4.69) is 29.2 Å². The van der Waals surface area contributed by atoms with Crippen molar-refractivity contribution in [3.05, 3.63) is 40.8 Å². The fourth-order valence-corrected chi connectivity index (χ4v) is 1.81. The molecule has 0 saturated carbocycles. The number of rotatable bonds is 3. The van der Waals surface area contributed by atoms with Crippen molar-refractivity contribution >= 4 is 0 Å². The zero-order valence-corrected chi connectivity index (χ0v) is 10.8. The molecule has 2 aromatic heterocycles. The van der Waals surface area contributed by atoms with E-state index >= 15 is 0 Å². The van der Waals surface area contributed by atoms with E-state index in [-0.39, 0.29) is 0 Å². The molecule has 0 saturated heterocycles. The van der Waals surface area contributed by atoms with E-state index in [9.17, 15) is 0 Å². The Morgan fingerprint density at radius 1 is 1.24 bits per heavy atom. The van der Waals surface area contributed by atoms with Crippen LogP contribution in [-0.2, 0) is 6.54 Å². The lowest BCUT2D eigenvalue weighted by Gasteiger charge is -2.06. The predicted molar refractivity (Wildman–Crippen MR) is 68.3 cm³/mol. The Morgan fingerprint density at radius 3 is 2.59 bits per heavy atom. The van der Waals surface area contributed by atoms with E-state index in [0.29, 0.717) is 0 Å². The van der Waals surface area contributed by atoms with Crippen LogP contribution < -0.4 is 5.32 Å². The van der Waals surface area contributed by atoms with Crippen molar-refractivity contribution in [1.82, 2.24) is 20.1 Å². The van der Waals surface area contributed by atoms with Crippen LogP contribution >= 0.6 is 0 Å². The van der Waals surface area contributed by atoms with Gasteiger partial charge in [-0.2, -0.15) is 5.10 Å². The van der Waals surface area contributed by atoms with Gasteiger partial charge in [-0.15, -0.1) is 0 Å². The minimum Gasteiger partial charge on any atom is -0.314 e. The van der Waals surface area contributed by atoms with Gasteiger partial charge in [0, 0.05) is 12.2 Å². The van der Waals surface area contributed by atoms with Gasteiger partial charge in [-0.25, -0.2) is 9.67 Å². The topological polar surface area (TPSA) is 42.7 Å². The predicted octanol–water partition coefficient (Wildman–Crippen LogP) is 1.91. The van der Waals surface area contributed by atoms with Crippen LogP contribution in [0.4, 0.5) is 0 Å². The highest BCUT2D eigenvalue weighted by Gasteiger charge is 2.09. The van der Waals surface area contributed by atoms with Crippen LogP contribution in [0.15, 0.2) is 18.2 Å². The van der Waals surface area contributed by atoms with E-state index in [1.165, 1.54) is 5.56 Å². The van der Waals surface area contributed by atoms with Crippen molar-refractivity contribution in [2.24, 2.45) is 0 Å². The molecule has 0 amide bonds. The molecule has 17 heavy (non-hydrogen) atoms. The minimum atomic E-state index is 0.770. The first-order chi connectivity index (χ1) is 8.13. The number of pyridine rings is 1. The Bertz CT molecular complexity index is 528. The summed E-state index contributed by atoms with van der Waals surface area (Å²) >= 11 is 0. The lowest BCUT2D eigenvalue weighted by molar-refractivity contribution is 0.758. The third-order valence-corrected chi connectivity index (χ3v) is 3.02. The minimum absolute atomic E-state index is 0.770. The number of nitrogens with one attached hydrogen (secondary N) is 1. The summed E-state index contributed by atoms with van der Waals surface area (Å²) in [6.45, 7) is 6.95. The largest absolute Gasteiger partial charge is 0.314 e. The molecule has 4 nitrogen and oxygen atoms in total. The van der Waals surface area contributed by atoms with Crippen molar-refractivity contribution in [3.8, 4) is 5.82 Å². The zero-order valence-electron chi connectivity index (χ0n) is 10.8. The second-order valence-electron chi connectivity index (χ2n) is 4.23. The molecule has 0 spiro atoms. The Kier molecular flexibility index (Phi) is 3.24. The molecular formula is C13H18N4. The maximum absolute atomic E-state index is 4.59. The van der Waals surface area contributed by atoms with Gasteiger partial charge < -0.3 is 5.32 Å². The Labute approximate surface area is 102 Å². The van der Waals surface area contributed by atoms with Crippen LogP contribution in [0.2, 0.25) is 0 Å². The number of hydrogen-bond donors (Lipinski definition) is 1. The number of nitrogens with zero attached hydrogens (tertiary/aromatic N) is 3. The van der Waals surface area contributed by atoms with E-state index in [4.69, 9.17) is 0 Å². The fraction of sp³-hybridized carbons (Fsp3) is 0.385. The lowest BCUT2D eigenvalue weighted by Crippen LogP contribution is -2.09. The molecule has 0 bridgehead atoms. The molecule has 0 aliphatic rings. The molecule has 0 aromatic carbocycles. The van der Waals surface area contributed by atoms with Crippen molar-refractivity contribution in [2.45, 2.75) is 27.3 Å². The van der Waals surface area contributed by atoms with Crippen molar-refractivity contribution in [3.63, 3.8) is 0 Å². The van der Waals surface area contributed by atoms with Gasteiger partial charge >= 0.3 is 0 Å². The van der Waals surface area contributed by atoms with Gasteiger partial charge in [-0.1, -0.05) is 6.07 Å². The first-order valence-electron chi connectivity index (χ1n) is 5.77. The number of hydrogen-bond acceptors (Lipinski definition) is 3. The zero-order chi connectivity index (χ0) is 12.4. The fourth-order valence-electron chi connectivity index (χ4n) is 1.81. The summed E-state index contributed by atoms with van der Waals surface area (Å²) in [6.07, 6.45) is 0. The molecule has 0 radical (unpaired) electrons.